The van der Waals surface area contributed by atoms with E-state index in [-0.39, 0.29) is 0 Å². The molecule has 7 nitrogen and oxygen atoms in total. The zero-order valence-corrected chi connectivity index (χ0v) is 8.68. The summed E-state index contributed by atoms with van der Waals surface area (Å²) in [7, 11) is 3.78. The Morgan fingerprint density at radius 3 is 2.93 bits per heavy atom. The lowest BCUT2D eigenvalue weighted by molar-refractivity contribution is 0.766. The van der Waals surface area contributed by atoms with E-state index in [4.69, 9.17) is 5.73 Å². The standard InChI is InChI=1S/C8H13N7/c1-14(8-11-7(9)12-13-8)4-6-3-10-15(2)5-6/h3,5H,4H2,1-2H3,(H3,9,11,12,13). The average Bonchev–Trinajstić information content (AvgIpc) is 2.75. The van der Waals surface area contributed by atoms with E-state index in [1.165, 1.54) is 0 Å². The highest BCUT2D eigenvalue weighted by Gasteiger charge is 2.07. The van der Waals surface area contributed by atoms with E-state index >= 15 is 0 Å². The van der Waals surface area contributed by atoms with Crippen molar-refractivity contribution in [1.29, 1.82) is 0 Å². The number of rotatable bonds is 3. The Bertz CT molecular complexity index is 443. The first-order chi connectivity index (χ1) is 7.15. The van der Waals surface area contributed by atoms with Crippen LogP contribution >= 0.6 is 0 Å². The van der Waals surface area contributed by atoms with Crippen LogP contribution in [0.25, 0.3) is 0 Å². The summed E-state index contributed by atoms with van der Waals surface area (Å²) in [6.07, 6.45) is 3.76. The second-order valence-corrected chi connectivity index (χ2v) is 3.40. The molecule has 0 aliphatic heterocycles. The van der Waals surface area contributed by atoms with Gasteiger partial charge in [-0.05, 0) is 0 Å². The molecule has 2 heterocycles. The molecule has 0 radical (unpaired) electrons. The summed E-state index contributed by atoms with van der Waals surface area (Å²) in [5, 5.41) is 10.6. The molecule has 0 saturated carbocycles. The SMILES string of the molecule is CN(Cc1cnn(C)c1)c1n[nH]c(N)n1. The molecule has 15 heavy (non-hydrogen) atoms. The van der Waals surface area contributed by atoms with Crippen molar-refractivity contribution in [3.8, 4) is 0 Å². The number of nitrogens with zero attached hydrogens (tertiary/aromatic N) is 5. The van der Waals surface area contributed by atoms with Gasteiger partial charge in [-0.3, -0.25) is 4.68 Å². The number of nitrogens with two attached hydrogens (primary N) is 1. The molecule has 2 rings (SSSR count). The molecule has 0 aliphatic carbocycles. The lowest BCUT2D eigenvalue weighted by Gasteiger charge is -2.12. The first-order valence-electron chi connectivity index (χ1n) is 4.51. The number of anilines is 2. The van der Waals surface area contributed by atoms with Crippen LogP contribution in [-0.4, -0.2) is 32.0 Å². The van der Waals surface area contributed by atoms with E-state index in [2.05, 4.69) is 20.3 Å². The van der Waals surface area contributed by atoms with Gasteiger partial charge in [0.2, 0.25) is 11.9 Å². The van der Waals surface area contributed by atoms with Crippen molar-refractivity contribution in [3.63, 3.8) is 0 Å². The Labute approximate surface area is 86.9 Å². The second kappa shape index (κ2) is 3.60. The van der Waals surface area contributed by atoms with Gasteiger partial charge in [0, 0.05) is 32.4 Å². The topological polar surface area (TPSA) is 88.7 Å². The van der Waals surface area contributed by atoms with E-state index in [1.54, 1.807) is 4.68 Å². The number of hydrogen-bond donors (Lipinski definition) is 2. The van der Waals surface area contributed by atoms with Gasteiger partial charge in [-0.1, -0.05) is 0 Å². The molecule has 0 aromatic carbocycles. The van der Waals surface area contributed by atoms with Crippen molar-refractivity contribution >= 4 is 11.9 Å². The lowest BCUT2D eigenvalue weighted by atomic mass is 10.3. The number of nitrogen functional groups attached to an aromatic ring is 1. The molecule has 7 heteroatoms. The van der Waals surface area contributed by atoms with Crippen LogP contribution in [-0.2, 0) is 13.6 Å². The maximum absolute atomic E-state index is 5.44. The first kappa shape index (κ1) is 9.50. The summed E-state index contributed by atoms with van der Waals surface area (Å²) in [4.78, 5) is 5.92. The number of H-pyrrole nitrogens is 1. The summed E-state index contributed by atoms with van der Waals surface area (Å²) in [5.41, 5.74) is 6.54. The van der Waals surface area contributed by atoms with Crippen molar-refractivity contribution in [1.82, 2.24) is 25.0 Å². The van der Waals surface area contributed by atoms with Gasteiger partial charge >= 0.3 is 0 Å². The van der Waals surface area contributed by atoms with Crippen molar-refractivity contribution in [2.24, 2.45) is 7.05 Å². The Morgan fingerprint density at radius 1 is 1.60 bits per heavy atom. The van der Waals surface area contributed by atoms with Crippen LogP contribution in [0.4, 0.5) is 11.9 Å². The van der Waals surface area contributed by atoms with E-state index in [0.717, 1.165) is 5.56 Å². The highest BCUT2D eigenvalue weighted by molar-refractivity contribution is 5.33. The van der Waals surface area contributed by atoms with Crippen LogP contribution in [0.3, 0.4) is 0 Å². The molecule has 0 saturated heterocycles. The fraction of sp³-hybridized carbons (Fsp3) is 0.375. The van der Waals surface area contributed by atoms with E-state index < -0.39 is 0 Å². The fourth-order valence-corrected chi connectivity index (χ4v) is 1.33. The molecular formula is C8H13N7. The number of nitrogens with one attached hydrogen (secondary N) is 1. The molecule has 80 valence electrons. The highest BCUT2D eigenvalue weighted by atomic mass is 15.4. The molecular weight excluding hydrogens is 194 g/mol. The minimum Gasteiger partial charge on any atom is -0.368 e. The molecule has 0 aliphatic rings. The highest BCUT2D eigenvalue weighted by Crippen LogP contribution is 2.09. The largest absolute Gasteiger partial charge is 0.368 e. The van der Waals surface area contributed by atoms with Crippen molar-refractivity contribution in [3.05, 3.63) is 18.0 Å². The van der Waals surface area contributed by atoms with Crippen LogP contribution in [0, 0.1) is 0 Å². The molecule has 0 bridgehead atoms. The number of hydrogen-bond acceptors (Lipinski definition) is 5. The lowest BCUT2D eigenvalue weighted by Crippen LogP contribution is -2.17. The molecule has 2 aromatic heterocycles. The predicted molar refractivity (Wildman–Crippen MR) is 56.1 cm³/mol. The minimum absolute atomic E-state index is 0.322. The molecule has 0 amide bonds. The zero-order valence-electron chi connectivity index (χ0n) is 8.68. The number of aryl methyl sites for hydroxylation is 1. The molecule has 0 atom stereocenters. The van der Waals surface area contributed by atoms with Crippen LogP contribution in [0.2, 0.25) is 0 Å². The van der Waals surface area contributed by atoms with Gasteiger partial charge in [0.25, 0.3) is 0 Å². The number of aromatic amines is 1. The van der Waals surface area contributed by atoms with E-state index in [9.17, 15) is 0 Å². The minimum atomic E-state index is 0.322. The van der Waals surface area contributed by atoms with Crippen LogP contribution in [0.5, 0.6) is 0 Å². The van der Waals surface area contributed by atoms with Gasteiger partial charge in [0.05, 0.1) is 6.20 Å². The summed E-state index contributed by atoms with van der Waals surface area (Å²) in [5.74, 6) is 0.902. The summed E-state index contributed by atoms with van der Waals surface area (Å²) in [6.45, 7) is 0.700. The Morgan fingerprint density at radius 2 is 2.40 bits per heavy atom. The van der Waals surface area contributed by atoms with Crippen molar-refractivity contribution < 1.29 is 0 Å². The van der Waals surface area contributed by atoms with E-state index in [1.807, 2.05) is 31.4 Å². The van der Waals surface area contributed by atoms with Crippen LogP contribution in [0.15, 0.2) is 12.4 Å². The van der Waals surface area contributed by atoms with E-state index in [0.29, 0.717) is 18.4 Å². The summed E-state index contributed by atoms with van der Waals surface area (Å²) < 4.78 is 1.76. The molecule has 0 unspecified atom stereocenters. The van der Waals surface area contributed by atoms with Crippen LogP contribution < -0.4 is 10.6 Å². The van der Waals surface area contributed by atoms with Crippen molar-refractivity contribution in [2.45, 2.75) is 6.54 Å². The quantitative estimate of drug-likeness (QED) is 0.725. The molecule has 0 spiro atoms. The molecule has 0 fully saturated rings. The van der Waals surface area contributed by atoms with Gasteiger partial charge in [-0.25, -0.2) is 5.10 Å². The Kier molecular flexibility index (Phi) is 2.28. The number of aromatic nitrogens is 5. The van der Waals surface area contributed by atoms with Gasteiger partial charge in [-0.15, -0.1) is 5.10 Å². The fourth-order valence-electron chi connectivity index (χ4n) is 1.33. The first-order valence-corrected chi connectivity index (χ1v) is 4.51. The Balaban J connectivity index is 2.06. The predicted octanol–water partition coefficient (Wildman–Crippen LogP) is -0.243. The van der Waals surface area contributed by atoms with Gasteiger partial charge in [0.15, 0.2) is 0 Å². The monoisotopic (exact) mass is 207 g/mol. The third kappa shape index (κ3) is 2.06. The van der Waals surface area contributed by atoms with Gasteiger partial charge in [0.1, 0.15) is 0 Å². The zero-order chi connectivity index (χ0) is 10.8. The normalized spacial score (nSPS) is 10.5. The maximum Gasteiger partial charge on any atom is 0.246 e. The molecule has 2 aromatic rings. The van der Waals surface area contributed by atoms with Crippen molar-refractivity contribution in [2.75, 3.05) is 17.7 Å². The maximum atomic E-state index is 5.44. The Hall–Kier alpha value is -2.05. The summed E-state index contributed by atoms with van der Waals surface area (Å²) >= 11 is 0. The second-order valence-electron chi connectivity index (χ2n) is 3.40. The average molecular weight is 207 g/mol. The van der Waals surface area contributed by atoms with Crippen LogP contribution in [0.1, 0.15) is 5.56 Å². The molecule has 3 N–H and O–H groups in total. The third-order valence-corrected chi connectivity index (χ3v) is 2.01. The smallest absolute Gasteiger partial charge is 0.246 e. The third-order valence-electron chi connectivity index (χ3n) is 2.01. The summed E-state index contributed by atoms with van der Waals surface area (Å²) in [6, 6.07) is 0. The van der Waals surface area contributed by atoms with Gasteiger partial charge < -0.3 is 10.6 Å². The van der Waals surface area contributed by atoms with Gasteiger partial charge in [-0.2, -0.15) is 10.1 Å².